The smallest absolute Gasteiger partial charge is 0.280 e. The summed E-state index contributed by atoms with van der Waals surface area (Å²) in [6, 6.07) is 7.72. The minimum absolute atomic E-state index is 0.0876. The summed E-state index contributed by atoms with van der Waals surface area (Å²) in [7, 11) is -1.94. The number of benzene rings is 1. The number of hydrogen-bond acceptors (Lipinski definition) is 4. The normalized spacial score (nSPS) is 19.7. The third-order valence-corrected chi connectivity index (χ3v) is 7.33. The van der Waals surface area contributed by atoms with E-state index in [9.17, 15) is 8.42 Å². The molecule has 0 aliphatic carbocycles. The molecule has 1 N–H and O–H groups in total. The lowest BCUT2D eigenvalue weighted by Gasteiger charge is -2.23. The number of rotatable bonds is 6. The first kappa shape index (κ1) is 17.1. The molecule has 1 aliphatic heterocycles. The van der Waals surface area contributed by atoms with Crippen LogP contribution in [-0.4, -0.2) is 39.0 Å². The number of methoxy groups -OCH3 is 1. The lowest BCUT2D eigenvalue weighted by Crippen LogP contribution is -2.44. The molecule has 1 aromatic heterocycles. The van der Waals surface area contributed by atoms with Gasteiger partial charge >= 0.3 is 0 Å². The summed E-state index contributed by atoms with van der Waals surface area (Å²) in [6.45, 7) is 1.16. The second kappa shape index (κ2) is 7.04. The van der Waals surface area contributed by atoms with Crippen LogP contribution in [0.1, 0.15) is 17.7 Å². The molecule has 0 saturated carbocycles. The first-order chi connectivity index (χ1) is 11.0. The van der Waals surface area contributed by atoms with Crippen LogP contribution in [0.2, 0.25) is 5.02 Å². The Morgan fingerprint density at radius 3 is 2.96 bits per heavy atom. The van der Waals surface area contributed by atoms with Gasteiger partial charge in [0.2, 0.25) is 0 Å². The van der Waals surface area contributed by atoms with E-state index in [0.717, 1.165) is 27.8 Å². The standard InChI is InChI=1S/C15H19ClN2O3S2/c1-21-10-11-5-4-8-18(11)23(19,20)17-9-14-15(16)12-6-2-3-7-13(12)22-14/h2-3,6-7,11,17H,4-5,8-10H2,1H3. The topological polar surface area (TPSA) is 58.6 Å². The fraction of sp³-hybridized carbons (Fsp3) is 0.467. The van der Waals surface area contributed by atoms with Crippen LogP contribution in [0, 0.1) is 0 Å². The average molecular weight is 375 g/mol. The molecule has 1 fully saturated rings. The summed E-state index contributed by atoms with van der Waals surface area (Å²) in [4.78, 5) is 0.832. The molecule has 0 amide bonds. The van der Waals surface area contributed by atoms with Gasteiger partial charge in [-0.25, -0.2) is 0 Å². The van der Waals surface area contributed by atoms with E-state index < -0.39 is 10.2 Å². The molecule has 3 rings (SSSR count). The van der Waals surface area contributed by atoms with Crippen molar-refractivity contribution < 1.29 is 13.2 Å². The molecule has 5 nitrogen and oxygen atoms in total. The molecule has 0 bridgehead atoms. The molecule has 2 aromatic rings. The fourth-order valence-corrected chi connectivity index (χ4v) is 5.85. The van der Waals surface area contributed by atoms with E-state index in [-0.39, 0.29) is 12.6 Å². The Balaban J connectivity index is 1.74. The molecule has 0 spiro atoms. The number of hydrogen-bond donors (Lipinski definition) is 1. The summed E-state index contributed by atoms with van der Waals surface area (Å²) >= 11 is 7.88. The van der Waals surface area contributed by atoms with Gasteiger partial charge in [0.15, 0.2) is 0 Å². The van der Waals surface area contributed by atoms with Gasteiger partial charge in [0.05, 0.1) is 11.6 Å². The maximum atomic E-state index is 12.5. The maximum absolute atomic E-state index is 12.5. The highest BCUT2D eigenvalue weighted by molar-refractivity contribution is 7.87. The fourth-order valence-electron chi connectivity index (χ4n) is 2.90. The van der Waals surface area contributed by atoms with Crippen LogP contribution in [0.3, 0.4) is 0 Å². The van der Waals surface area contributed by atoms with E-state index in [0.29, 0.717) is 18.2 Å². The molecule has 8 heteroatoms. The van der Waals surface area contributed by atoms with Crippen molar-refractivity contribution in [2.24, 2.45) is 0 Å². The van der Waals surface area contributed by atoms with E-state index >= 15 is 0 Å². The van der Waals surface area contributed by atoms with Gasteiger partial charge in [-0.1, -0.05) is 29.8 Å². The van der Waals surface area contributed by atoms with Gasteiger partial charge < -0.3 is 4.74 Å². The minimum atomic E-state index is -3.53. The SMILES string of the molecule is COCC1CCCN1S(=O)(=O)NCc1sc2ccccc2c1Cl. The highest BCUT2D eigenvalue weighted by Gasteiger charge is 2.34. The molecule has 1 aliphatic rings. The Morgan fingerprint density at radius 2 is 2.22 bits per heavy atom. The molecule has 1 unspecified atom stereocenters. The van der Waals surface area contributed by atoms with Crippen molar-refractivity contribution in [3.05, 3.63) is 34.2 Å². The molecular weight excluding hydrogens is 356 g/mol. The first-order valence-electron chi connectivity index (χ1n) is 7.44. The van der Waals surface area contributed by atoms with Gasteiger partial charge in [0, 0.05) is 41.2 Å². The van der Waals surface area contributed by atoms with Crippen molar-refractivity contribution in [2.45, 2.75) is 25.4 Å². The van der Waals surface area contributed by atoms with Crippen molar-refractivity contribution in [1.29, 1.82) is 0 Å². The van der Waals surface area contributed by atoms with Crippen molar-refractivity contribution in [1.82, 2.24) is 9.03 Å². The van der Waals surface area contributed by atoms with Crippen molar-refractivity contribution in [2.75, 3.05) is 20.3 Å². The van der Waals surface area contributed by atoms with Gasteiger partial charge in [0.1, 0.15) is 0 Å². The Bertz CT molecular complexity index is 791. The van der Waals surface area contributed by atoms with Crippen LogP contribution < -0.4 is 4.72 Å². The van der Waals surface area contributed by atoms with Crippen LogP contribution in [0.15, 0.2) is 24.3 Å². The lowest BCUT2D eigenvalue weighted by molar-refractivity contribution is 0.148. The third kappa shape index (κ3) is 3.55. The van der Waals surface area contributed by atoms with Crippen molar-refractivity contribution in [3.8, 4) is 0 Å². The number of halogens is 1. The van der Waals surface area contributed by atoms with Crippen molar-refractivity contribution >= 4 is 43.2 Å². The highest BCUT2D eigenvalue weighted by Crippen LogP contribution is 2.35. The monoisotopic (exact) mass is 374 g/mol. The zero-order valence-electron chi connectivity index (χ0n) is 12.8. The summed E-state index contributed by atoms with van der Waals surface area (Å²) < 4.78 is 35.4. The predicted octanol–water partition coefficient (Wildman–Crippen LogP) is 3.00. The van der Waals surface area contributed by atoms with Gasteiger partial charge in [-0.2, -0.15) is 17.4 Å². The lowest BCUT2D eigenvalue weighted by atomic mass is 10.2. The molecule has 1 atom stereocenters. The predicted molar refractivity (Wildman–Crippen MR) is 94.2 cm³/mol. The van der Waals surface area contributed by atoms with E-state index in [1.165, 1.54) is 15.6 Å². The second-order valence-electron chi connectivity index (χ2n) is 5.52. The highest BCUT2D eigenvalue weighted by atomic mass is 35.5. The third-order valence-electron chi connectivity index (χ3n) is 4.01. The number of ether oxygens (including phenoxy) is 1. The number of fused-ring (bicyclic) bond motifs is 1. The maximum Gasteiger partial charge on any atom is 0.280 e. The Kier molecular flexibility index (Phi) is 5.25. The van der Waals surface area contributed by atoms with Gasteiger partial charge in [-0.3, -0.25) is 0 Å². The summed E-state index contributed by atoms with van der Waals surface area (Å²) in [5.74, 6) is 0. The average Bonchev–Trinajstić information content (AvgIpc) is 3.12. The quantitative estimate of drug-likeness (QED) is 0.845. The molecular formula is C15H19ClN2O3S2. The molecule has 0 radical (unpaired) electrons. The largest absolute Gasteiger partial charge is 0.383 e. The number of nitrogens with zero attached hydrogens (tertiary/aromatic N) is 1. The van der Waals surface area contributed by atoms with E-state index in [1.54, 1.807) is 7.11 Å². The molecule has 1 aromatic carbocycles. The van der Waals surface area contributed by atoms with Crippen LogP contribution in [0.4, 0.5) is 0 Å². The summed E-state index contributed by atoms with van der Waals surface area (Å²) in [5, 5.41) is 1.59. The number of nitrogens with one attached hydrogen (secondary N) is 1. The van der Waals surface area contributed by atoms with Gasteiger partial charge in [-0.05, 0) is 18.9 Å². The Morgan fingerprint density at radius 1 is 1.43 bits per heavy atom. The first-order valence-corrected chi connectivity index (χ1v) is 10.1. The Labute approximate surface area is 145 Å². The summed E-state index contributed by atoms with van der Waals surface area (Å²) in [5.41, 5.74) is 0. The Hall–Kier alpha value is -0.700. The molecule has 1 saturated heterocycles. The molecule has 23 heavy (non-hydrogen) atoms. The van der Waals surface area contributed by atoms with E-state index in [2.05, 4.69) is 4.72 Å². The van der Waals surface area contributed by atoms with Gasteiger partial charge in [0.25, 0.3) is 10.2 Å². The zero-order chi connectivity index (χ0) is 16.4. The van der Waals surface area contributed by atoms with Crippen LogP contribution >= 0.6 is 22.9 Å². The van der Waals surface area contributed by atoms with Crippen LogP contribution in [-0.2, 0) is 21.5 Å². The van der Waals surface area contributed by atoms with E-state index in [1.807, 2.05) is 24.3 Å². The second-order valence-corrected chi connectivity index (χ2v) is 8.75. The van der Waals surface area contributed by atoms with E-state index in [4.69, 9.17) is 16.3 Å². The van der Waals surface area contributed by atoms with Crippen LogP contribution in [0.25, 0.3) is 10.1 Å². The zero-order valence-corrected chi connectivity index (χ0v) is 15.2. The minimum Gasteiger partial charge on any atom is -0.383 e. The van der Waals surface area contributed by atoms with Gasteiger partial charge in [-0.15, -0.1) is 11.3 Å². The summed E-state index contributed by atoms with van der Waals surface area (Å²) in [6.07, 6.45) is 1.69. The molecule has 2 heterocycles. The molecule has 126 valence electrons. The van der Waals surface area contributed by atoms with Crippen molar-refractivity contribution in [3.63, 3.8) is 0 Å². The van der Waals surface area contributed by atoms with Crippen LogP contribution in [0.5, 0.6) is 0 Å². The number of thiophene rings is 1.